The van der Waals surface area contributed by atoms with Crippen molar-refractivity contribution in [2.45, 2.75) is 33.1 Å². The minimum absolute atomic E-state index is 0.130. The van der Waals surface area contributed by atoms with E-state index in [9.17, 15) is 4.79 Å². The van der Waals surface area contributed by atoms with Crippen molar-refractivity contribution in [2.75, 3.05) is 11.9 Å². The summed E-state index contributed by atoms with van der Waals surface area (Å²) >= 11 is 0. The lowest BCUT2D eigenvalue weighted by atomic mass is 10.0. The SMILES string of the molecule is CCCOc1ccc(C=CC(=O)Nc2ccccc2C(C)C)cc1. The van der Waals surface area contributed by atoms with E-state index < -0.39 is 0 Å². The van der Waals surface area contributed by atoms with Gasteiger partial charge in [0.2, 0.25) is 5.91 Å². The first kappa shape index (κ1) is 17.8. The van der Waals surface area contributed by atoms with Gasteiger partial charge in [-0.15, -0.1) is 0 Å². The lowest BCUT2D eigenvalue weighted by Gasteiger charge is -2.12. The summed E-state index contributed by atoms with van der Waals surface area (Å²) in [5.74, 6) is 1.08. The zero-order valence-corrected chi connectivity index (χ0v) is 14.6. The van der Waals surface area contributed by atoms with E-state index in [1.54, 1.807) is 12.2 Å². The van der Waals surface area contributed by atoms with Gasteiger partial charge in [0, 0.05) is 11.8 Å². The second kappa shape index (κ2) is 8.92. The highest BCUT2D eigenvalue weighted by Crippen LogP contribution is 2.23. The predicted molar refractivity (Wildman–Crippen MR) is 100 cm³/mol. The van der Waals surface area contributed by atoms with Crippen molar-refractivity contribution >= 4 is 17.7 Å². The fourth-order valence-electron chi connectivity index (χ4n) is 2.36. The molecule has 1 amide bonds. The maximum atomic E-state index is 12.1. The van der Waals surface area contributed by atoms with Gasteiger partial charge in [-0.25, -0.2) is 0 Å². The molecule has 0 spiro atoms. The van der Waals surface area contributed by atoms with Crippen molar-refractivity contribution in [1.29, 1.82) is 0 Å². The number of ether oxygens (including phenoxy) is 1. The molecule has 0 fully saturated rings. The van der Waals surface area contributed by atoms with E-state index in [1.165, 1.54) is 0 Å². The Hall–Kier alpha value is -2.55. The molecule has 2 rings (SSSR count). The molecule has 0 aliphatic rings. The van der Waals surface area contributed by atoms with Crippen molar-refractivity contribution in [3.8, 4) is 5.75 Å². The van der Waals surface area contributed by atoms with Gasteiger partial charge in [0.05, 0.1) is 6.61 Å². The zero-order valence-electron chi connectivity index (χ0n) is 14.6. The molecule has 0 aliphatic heterocycles. The van der Waals surface area contributed by atoms with Gasteiger partial charge in [-0.1, -0.05) is 51.1 Å². The molecule has 0 saturated carbocycles. The quantitative estimate of drug-likeness (QED) is 0.707. The number of rotatable bonds is 7. The number of para-hydroxylation sites is 1. The van der Waals surface area contributed by atoms with E-state index in [-0.39, 0.29) is 5.91 Å². The Morgan fingerprint density at radius 1 is 1.12 bits per heavy atom. The summed E-state index contributed by atoms with van der Waals surface area (Å²) in [5.41, 5.74) is 2.97. The minimum atomic E-state index is -0.130. The lowest BCUT2D eigenvalue weighted by Crippen LogP contribution is -2.10. The Labute approximate surface area is 144 Å². The number of hydrogen-bond acceptors (Lipinski definition) is 2. The largest absolute Gasteiger partial charge is 0.494 e. The molecule has 2 aromatic carbocycles. The molecule has 2 aromatic rings. The van der Waals surface area contributed by atoms with Crippen LogP contribution in [-0.2, 0) is 4.79 Å². The molecule has 0 bridgehead atoms. The highest BCUT2D eigenvalue weighted by molar-refractivity contribution is 6.02. The maximum absolute atomic E-state index is 12.1. The predicted octanol–water partition coefficient (Wildman–Crippen LogP) is 5.25. The van der Waals surface area contributed by atoms with Crippen LogP contribution in [0.25, 0.3) is 6.08 Å². The summed E-state index contributed by atoms with van der Waals surface area (Å²) in [7, 11) is 0. The molecule has 0 atom stereocenters. The van der Waals surface area contributed by atoms with E-state index in [4.69, 9.17) is 4.74 Å². The Morgan fingerprint density at radius 3 is 2.50 bits per heavy atom. The Balaban J connectivity index is 1.98. The lowest BCUT2D eigenvalue weighted by molar-refractivity contribution is -0.111. The van der Waals surface area contributed by atoms with Crippen LogP contribution in [0, 0.1) is 0 Å². The van der Waals surface area contributed by atoms with Gasteiger partial charge in [-0.3, -0.25) is 4.79 Å². The number of anilines is 1. The second-order valence-electron chi connectivity index (χ2n) is 5.98. The molecule has 0 aromatic heterocycles. The molecule has 0 saturated heterocycles. The molecule has 0 radical (unpaired) electrons. The monoisotopic (exact) mass is 323 g/mol. The number of carbonyl (C=O) groups excluding carboxylic acids is 1. The van der Waals surface area contributed by atoms with E-state index in [1.807, 2.05) is 48.5 Å². The van der Waals surface area contributed by atoms with Gasteiger partial charge in [0.1, 0.15) is 5.75 Å². The molecule has 3 nitrogen and oxygen atoms in total. The van der Waals surface area contributed by atoms with Gasteiger partial charge in [-0.05, 0) is 47.7 Å². The van der Waals surface area contributed by atoms with Crippen LogP contribution >= 0.6 is 0 Å². The minimum Gasteiger partial charge on any atom is -0.494 e. The highest BCUT2D eigenvalue weighted by Gasteiger charge is 2.07. The fraction of sp³-hybridized carbons (Fsp3) is 0.286. The van der Waals surface area contributed by atoms with Crippen LogP contribution in [0.15, 0.2) is 54.6 Å². The summed E-state index contributed by atoms with van der Waals surface area (Å²) in [4.78, 5) is 12.1. The van der Waals surface area contributed by atoms with Crippen LogP contribution in [0.5, 0.6) is 5.75 Å². The van der Waals surface area contributed by atoms with Crippen molar-refractivity contribution in [3.63, 3.8) is 0 Å². The first-order valence-electron chi connectivity index (χ1n) is 8.41. The van der Waals surface area contributed by atoms with Crippen molar-refractivity contribution in [1.82, 2.24) is 0 Å². The number of carbonyl (C=O) groups is 1. The molecule has 0 heterocycles. The van der Waals surface area contributed by atoms with Crippen LogP contribution in [0.1, 0.15) is 44.2 Å². The molecular weight excluding hydrogens is 298 g/mol. The third-order valence-corrected chi connectivity index (χ3v) is 3.62. The topological polar surface area (TPSA) is 38.3 Å². The molecule has 3 heteroatoms. The fourth-order valence-corrected chi connectivity index (χ4v) is 2.36. The summed E-state index contributed by atoms with van der Waals surface area (Å²) in [6, 6.07) is 15.6. The first-order chi connectivity index (χ1) is 11.6. The average molecular weight is 323 g/mol. The molecular formula is C21H25NO2. The molecule has 126 valence electrons. The summed E-state index contributed by atoms with van der Waals surface area (Å²) < 4.78 is 5.55. The van der Waals surface area contributed by atoms with E-state index in [0.717, 1.165) is 29.0 Å². The average Bonchev–Trinajstić information content (AvgIpc) is 2.59. The Morgan fingerprint density at radius 2 is 1.83 bits per heavy atom. The number of hydrogen-bond donors (Lipinski definition) is 1. The van der Waals surface area contributed by atoms with Crippen molar-refractivity contribution < 1.29 is 9.53 Å². The van der Waals surface area contributed by atoms with Gasteiger partial charge in [0.25, 0.3) is 0 Å². The third-order valence-electron chi connectivity index (χ3n) is 3.62. The molecule has 1 N–H and O–H groups in total. The number of nitrogens with one attached hydrogen (secondary N) is 1. The summed E-state index contributed by atoms with van der Waals surface area (Å²) in [6.07, 6.45) is 4.34. The van der Waals surface area contributed by atoms with E-state index >= 15 is 0 Å². The number of amides is 1. The maximum Gasteiger partial charge on any atom is 0.248 e. The molecule has 0 aliphatic carbocycles. The summed E-state index contributed by atoms with van der Waals surface area (Å²) in [6.45, 7) is 7.02. The standard InChI is InChI=1S/C21H25NO2/c1-4-15-24-18-12-9-17(10-13-18)11-14-21(23)22-20-8-6-5-7-19(20)16(2)3/h5-14,16H,4,15H2,1-3H3,(H,22,23). The van der Waals surface area contributed by atoms with Crippen LogP contribution in [0.2, 0.25) is 0 Å². The van der Waals surface area contributed by atoms with Gasteiger partial charge < -0.3 is 10.1 Å². The van der Waals surface area contributed by atoms with E-state index in [2.05, 4.69) is 26.1 Å². The third kappa shape index (κ3) is 5.27. The van der Waals surface area contributed by atoms with Crippen LogP contribution in [-0.4, -0.2) is 12.5 Å². The van der Waals surface area contributed by atoms with Crippen molar-refractivity contribution in [2.24, 2.45) is 0 Å². The van der Waals surface area contributed by atoms with Crippen LogP contribution in [0.4, 0.5) is 5.69 Å². The molecule has 0 unspecified atom stereocenters. The Bertz CT molecular complexity index is 687. The van der Waals surface area contributed by atoms with Gasteiger partial charge >= 0.3 is 0 Å². The first-order valence-corrected chi connectivity index (χ1v) is 8.41. The van der Waals surface area contributed by atoms with Gasteiger partial charge in [0.15, 0.2) is 0 Å². The number of benzene rings is 2. The summed E-state index contributed by atoms with van der Waals surface area (Å²) in [5, 5.41) is 2.95. The normalized spacial score (nSPS) is 11.0. The van der Waals surface area contributed by atoms with Crippen LogP contribution in [0.3, 0.4) is 0 Å². The highest BCUT2D eigenvalue weighted by atomic mass is 16.5. The molecule has 24 heavy (non-hydrogen) atoms. The van der Waals surface area contributed by atoms with Gasteiger partial charge in [-0.2, -0.15) is 0 Å². The zero-order chi connectivity index (χ0) is 17.4. The Kier molecular flexibility index (Phi) is 6.62. The van der Waals surface area contributed by atoms with E-state index in [0.29, 0.717) is 12.5 Å². The van der Waals surface area contributed by atoms with Crippen molar-refractivity contribution in [3.05, 3.63) is 65.7 Å². The van der Waals surface area contributed by atoms with Crippen LogP contribution < -0.4 is 10.1 Å². The second-order valence-corrected chi connectivity index (χ2v) is 5.98. The smallest absolute Gasteiger partial charge is 0.248 e.